The normalized spacial score (nSPS) is 11.9. The number of H-pyrrole nitrogens is 1. The molecule has 0 saturated heterocycles. The Kier molecular flexibility index (Phi) is 4.25. The maximum atomic E-state index is 13.0. The number of fused-ring (bicyclic) bond motifs is 1. The van der Waals surface area contributed by atoms with E-state index in [-0.39, 0.29) is 5.82 Å². The fraction of sp³-hybridized carbons (Fsp3) is 0.0588. The standard InChI is InChI=1S/C17H13FN4O3/c18-10-7-5-9(6-8-10)13(14(19)23)21-17(25)15-20-12-4-2-1-3-11(12)16(24)22-15/h1-8,13H,(H2,19,23)(H,21,25)(H,20,22,24)/t13-/m1/s1. The van der Waals surface area contributed by atoms with Gasteiger partial charge >= 0.3 is 0 Å². The van der Waals surface area contributed by atoms with Gasteiger partial charge in [0.05, 0.1) is 10.9 Å². The molecule has 0 fully saturated rings. The van der Waals surface area contributed by atoms with Crippen LogP contribution in [-0.2, 0) is 4.79 Å². The first-order valence-corrected chi connectivity index (χ1v) is 7.30. The zero-order chi connectivity index (χ0) is 18.0. The van der Waals surface area contributed by atoms with Crippen molar-refractivity contribution in [3.05, 3.63) is 76.1 Å². The van der Waals surface area contributed by atoms with Gasteiger partial charge in [-0.2, -0.15) is 0 Å². The number of primary amides is 1. The zero-order valence-electron chi connectivity index (χ0n) is 12.8. The van der Waals surface area contributed by atoms with Crippen LogP contribution < -0.4 is 16.6 Å². The third-order valence-electron chi connectivity index (χ3n) is 3.59. The monoisotopic (exact) mass is 340 g/mol. The number of nitrogens with one attached hydrogen (secondary N) is 2. The first-order valence-electron chi connectivity index (χ1n) is 7.30. The first kappa shape index (κ1) is 16.3. The summed E-state index contributed by atoms with van der Waals surface area (Å²) in [6, 6.07) is 10.3. The van der Waals surface area contributed by atoms with Gasteiger partial charge in [-0.15, -0.1) is 0 Å². The van der Waals surface area contributed by atoms with Gasteiger partial charge in [-0.1, -0.05) is 24.3 Å². The van der Waals surface area contributed by atoms with Crippen molar-refractivity contribution < 1.29 is 14.0 Å². The smallest absolute Gasteiger partial charge is 0.288 e. The van der Waals surface area contributed by atoms with E-state index in [1.807, 2.05) is 0 Å². The lowest BCUT2D eigenvalue weighted by atomic mass is 10.1. The van der Waals surface area contributed by atoms with Gasteiger partial charge in [0.25, 0.3) is 11.5 Å². The Labute approximate surface area is 140 Å². The Balaban J connectivity index is 1.93. The summed E-state index contributed by atoms with van der Waals surface area (Å²) in [5.41, 5.74) is 5.49. The molecule has 0 aliphatic heterocycles. The predicted octanol–water partition coefficient (Wildman–Crippen LogP) is 1.02. The Bertz CT molecular complexity index is 1010. The van der Waals surface area contributed by atoms with Crippen LogP contribution in [0.3, 0.4) is 0 Å². The Morgan fingerprint density at radius 1 is 1.12 bits per heavy atom. The van der Waals surface area contributed by atoms with Gasteiger partial charge in [-0.25, -0.2) is 9.37 Å². The summed E-state index contributed by atoms with van der Waals surface area (Å²) in [6.45, 7) is 0. The molecular formula is C17H13FN4O3. The number of aromatic amines is 1. The van der Waals surface area contributed by atoms with E-state index in [0.29, 0.717) is 16.5 Å². The van der Waals surface area contributed by atoms with E-state index in [4.69, 9.17) is 5.73 Å². The van der Waals surface area contributed by atoms with Crippen molar-refractivity contribution in [3.63, 3.8) is 0 Å². The molecule has 126 valence electrons. The second-order valence-corrected chi connectivity index (χ2v) is 5.29. The molecule has 0 unspecified atom stereocenters. The number of para-hydroxylation sites is 1. The lowest BCUT2D eigenvalue weighted by Crippen LogP contribution is -2.38. The highest BCUT2D eigenvalue weighted by molar-refractivity contribution is 5.96. The minimum absolute atomic E-state index is 0.253. The van der Waals surface area contributed by atoms with Crippen LogP contribution in [0, 0.1) is 5.82 Å². The fourth-order valence-corrected chi connectivity index (χ4v) is 2.37. The van der Waals surface area contributed by atoms with Crippen LogP contribution >= 0.6 is 0 Å². The second-order valence-electron chi connectivity index (χ2n) is 5.29. The number of hydrogen-bond acceptors (Lipinski definition) is 4. The number of nitrogens with zero attached hydrogens (tertiary/aromatic N) is 1. The summed E-state index contributed by atoms with van der Waals surface area (Å²) >= 11 is 0. The van der Waals surface area contributed by atoms with Gasteiger partial charge in [0.2, 0.25) is 5.91 Å². The number of amides is 2. The molecule has 3 aromatic rings. The molecule has 1 aromatic heterocycles. The molecular weight excluding hydrogens is 327 g/mol. The van der Waals surface area contributed by atoms with E-state index in [2.05, 4.69) is 15.3 Å². The van der Waals surface area contributed by atoms with Crippen LogP contribution in [0.1, 0.15) is 22.2 Å². The average molecular weight is 340 g/mol. The second kappa shape index (κ2) is 6.52. The number of aromatic nitrogens is 2. The summed E-state index contributed by atoms with van der Waals surface area (Å²) in [4.78, 5) is 42.5. The van der Waals surface area contributed by atoms with Crippen molar-refractivity contribution in [2.45, 2.75) is 6.04 Å². The molecule has 1 heterocycles. The average Bonchev–Trinajstić information content (AvgIpc) is 2.60. The number of benzene rings is 2. The molecule has 0 radical (unpaired) electrons. The third kappa shape index (κ3) is 3.37. The maximum absolute atomic E-state index is 13.0. The topological polar surface area (TPSA) is 118 Å². The molecule has 0 saturated carbocycles. The molecule has 0 aliphatic rings. The molecule has 0 aliphatic carbocycles. The van der Waals surface area contributed by atoms with Gasteiger partial charge < -0.3 is 16.0 Å². The minimum atomic E-state index is -1.19. The zero-order valence-corrected chi connectivity index (χ0v) is 12.8. The lowest BCUT2D eigenvalue weighted by Gasteiger charge is -2.15. The van der Waals surface area contributed by atoms with Crippen molar-refractivity contribution in [2.75, 3.05) is 0 Å². The molecule has 0 bridgehead atoms. The lowest BCUT2D eigenvalue weighted by molar-refractivity contribution is -0.120. The van der Waals surface area contributed by atoms with E-state index in [1.54, 1.807) is 24.3 Å². The molecule has 8 heteroatoms. The van der Waals surface area contributed by atoms with Crippen molar-refractivity contribution in [1.29, 1.82) is 0 Å². The quantitative estimate of drug-likeness (QED) is 0.657. The number of carbonyl (C=O) groups is 2. The number of rotatable bonds is 4. The van der Waals surface area contributed by atoms with Crippen molar-refractivity contribution in [1.82, 2.24) is 15.3 Å². The van der Waals surface area contributed by atoms with Crippen LogP contribution in [-0.4, -0.2) is 21.8 Å². The van der Waals surface area contributed by atoms with E-state index in [9.17, 15) is 18.8 Å². The van der Waals surface area contributed by atoms with Crippen molar-refractivity contribution in [2.24, 2.45) is 5.73 Å². The Morgan fingerprint density at radius 3 is 2.48 bits per heavy atom. The Morgan fingerprint density at radius 2 is 1.80 bits per heavy atom. The largest absolute Gasteiger partial charge is 0.368 e. The summed E-state index contributed by atoms with van der Waals surface area (Å²) in [5, 5.41) is 2.73. The molecule has 2 amide bonds. The highest BCUT2D eigenvalue weighted by atomic mass is 19.1. The summed E-state index contributed by atoms with van der Waals surface area (Å²) in [5.74, 6) is -2.35. The number of nitrogens with two attached hydrogens (primary N) is 1. The molecule has 3 rings (SSSR count). The van der Waals surface area contributed by atoms with Gasteiger partial charge in [0.1, 0.15) is 11.9 Å². The van der Waals surface area contributed by atoms with Crippen molar-refractivity contribution in [3.8, 4) is 0 Å². The van der Waals surface area contributed by atoms with Gasteiger partial charge in [0.15, 0.2) is 5.82 Å². The molecule has 0 spiro atoms. The Hall–Kier alpha value is -3.55. The third-order valence-corrected chi connectivity index (χ3v) is 3.59. The summed E-state index contributed by atoms with van der Waals surface area (Å²) in [7, 11) is 0. The number of hydrogen-bond donors (Lipinski definition) is 3. The predicted molar refractivity (Wildman–Crippen MR) is 88.2 cm³/mol. The summed E-state index contributed by atoms with van der Waals surface area (Å²) in [6.07, 6.45) is 0. The van der Waals surface area contributed by atoms with Gasteiger partial charge in [-0.05, 0) is 29.8 Å². The van der Waals surface area contributed by atoms with E-state index in [0.717, 1.165) is 12.1 Å². The molecule has 4 N–H and O–H groups in total. The maximum Gasteiger partial charge on any atom is 0.288 e. The van der Waals surface area contributed by atoms with Crippen LogP contribution in [0.25, 0.3) is 10.9 Å². The van der Waals surface area contributed by atoms with Crippen LogP contribution in [0.15, 0.2) is 53.3 Å². The van der Waals surface area contributed by atoms with Crippen LogP contribution in [0.2, 0.25) is 0 Å². The molecule has 7 nitrogen and oxygen atoms in total. The number of halogens is 1. The summed E-state index contributed by atoms with van der Waals surface area (Å²) < 4.78 is 13.0. The molecule has 2 aromatic carbocycles. The molecule has 25 heavy (non-hydrogen) atoms. The molecule has 1 atom stereocenters. The first-order chi connectivity index (χ1) is 12.0. The number of carbonyl (C=O) groups excluding carboxylic acids is 2. The van der Waals surface area contributed by atoms with E-state index < -0.39 is 29.2 Å². The highest BCUT2D eigenvalue weighted by Gasteiger charge is 2.22. The highest BCUT2D eigenvalue weighted by Crippen LogP contribution is 2.14. The minimum Gasteiger partial charge on any atom is -0.368 e. The van der Waals surface area contributed by atoms with E-state index >= 15 is 0 Å². The van der Waals surface area contributed by atoms with Gasteiger partial charge in [-0.3, -0.25) is 14.4 Å². The van der Waals surface area contributed by atoms with Crippen LogP contribution in [0.5, 0.6) is 0 Å². The van der Waals surface area contributed by atoms with Crippen LogP contribution in [0.4, 0.5) is 4.39 Å². The van der Waals surface area contributed by atoms with Crippen molar-refractivity contribution >= 4 is 22.7 Å². The van der Waals surface area contributed by atoms with Gasteiger partial charge in [0, 0.05) is 0 Å². The van der Waals surface area contributed by atoms with E-state index in [1.165, 1.54) is 12.1 Å². The fourth-order valence-electron chi connectivity index (χ4n) is 2.37. The SMILES string of the molecule is NC(=O)[C@H](NC(=O)c1nc2ccccc2c(=O)[nH]1)c1ccc(F)cc1.